The predicted molar refractivity (Wildman–Crippen MR) is 144 cm³/mol. The fourth-order valence-corrected chi connectivity index (χ4v) is 5.14. The van der Waals surface area contributed by atoms with Crippen LogP contribution in [0.15, 0.2) is 47.5 Å². The number of nitrogens with one attached hydrogen (secondary N) is 1. The Morgan fingerprint density at radius 3 is 2.24 bits per heavy atom. The van der Waals surface area contributed by atoms with E-state index in [-0.39, 0.29) is 24.9 Å². The lowest BCUT2D eigenvalue weighted by Crippen LogP contribution is -2.42. The van der Waals surface area contributed by atoms with E-state index in [1.165, 1.54) is 4.31 Å². The number of benzene rings is 2. The minimum atomic E-state index is -1.53. The number of nitrogens with zero attached hydrogens (tertiary/aromatic N) is 4. The van der Waals surface area contributed by atoms with Gasteiger partial charge in [-0.25, -0.2) is 13.5 Å². The molecule has 0 spiro atoms. The van der Waals surface area contributed by atoms with E-state index in [0.717, 1.165) is 33.8 Å². The zero-order valence-corrected chi connectivity index (χ0v) is 23.3. The molecule has 37 heavy (non-hydrogen) atoms. The van der Waals surface area contributed by atoms with Crippen molar-refractivity contribution in [3.63, 3.8) is 0 Å². The quantitative estimate of drug-likeness (QED) is 0.439. The fraction of sp³-hybridized carbons (Fsp3) is 0.370. The number of aromatic nitrogens is 2. The summed E-state index contributed by atoms with van der Waals surface area (Å²) in [6.07, 6.45) is 1.98. The van der Waals surface area contributed by atoms with Crippen LogP contribution in [0.5, 0.6) is 5.75 Å². The van der Waals surface area contributed by atoms with Crippen LogP contribution >= 0.6 is 0 Å². The van der Waals surface area contributed by atoms with Crippen molar-refractivity contribution in [2.45, 2.75) is 32.2 Å². The van der Waals surface area contributed by atoms with Gasteiger partial charge in [-0.3, -0.25) is 9.59 Å². The third-order valence-corrected chi connectivity index (χ3v) is 7.82. The molecule has 1 heterocycles. The highest BCUT2D eigenvalue weighted by molar-refractivity contribution is 7.82. The summed E-state index contributed by atoms with van der Waals surface area (Å²) in [4.78, 5) is 31.8. The molecule has 0 saturated carbocycles. The van der Waals surface area contributed by atoms with E-state index in [1.54, 1.807) is 26.1 Å². The van der Waals surface area contributed by atoms with E-state index in [9.17, 15) is 13.8 Å². The van der Waals surface area contributed by atoms with Gasteiger partial charge >= 0.3 is 0 Å². The van der Waals surface area contributed by atoms with E-state index in [0.29, 0.717) is 17.2 Å². The largest absolute Gasteiger partial charge is 0.497 e. The molecule has 0 fully saturated rings. The predicted octanol–water partition coefficient (Wildman–Crippen LogP) is 2.75. The normalized spacial score (nSPS) is 11.9. The summed E-state index contributed by atoms with van der Waals surface area (Å²) >= 11 is 0. The molecule has 0 aliphatic rings. The van der Waals surface area contributed by atoms with Crippen LogP contribution in [-0.2, 0) is 34.2 Å². The summed E-state index contributed by atoms with van der Waals surface area (Å²) < 4.78 is 21.7. The Bertz CT molecular complexity index is 1260. The van der Waals surface area contributed by atoms with Crippen LogP contribution in [0.25, 0.3) is 11.3 Å². The van der Waals surface area contributed by atoms with Gasteiger partial charge in [-0.15, -0.1) is 0 Å². The van der Waals surface area contributed by atoms with Gasteiger partial charge in [0.25, 0.3) is 0 Å². The summed E-state index contributed by atoms with van der Waals surface area (Å²) in [7, 11) is 5.32. The third kappa shape index (κ3) is 7.05. The van der Waals surface area contributed by atoms with Crippen molar-refractivity contribution in [1.82, 2.24) is 24.1 Å². The van der Waals surface area contributed by atoms with Crippen molar-refractivity contribution in [3.05, 3.63) is 65.1 Å². The average molecular weight is 526 g/mol. The SMILES string of the molecule is COc1cc(C)c(S(=O)N(C)CC(=O)NCC(=O)N(C)Cc2ccc(-c3cn(C)c(C)n3)cc2)c(C)c1. The maximum atomic E-state index is 13.0. The molecule has 3 aromatic rings. The molecule has 198 valence electrons. The smallest absolute Gasteiger partial charge is 0.242 e. The lowest BCUT2D eigenvalue weighted by atomic mass is 10.1. The summed E-state index contributed by atoms with van der Waals surface area (Å²) in [5, 5.41) is 2.64. The molecule has 9 nitrogen and oxygen atoms in total. The summed E-state index contributed by atoms with van der Waals surface area (Å²) in [5.41, 5.74) is 4.53. The molecule has 2 amide bonds. The Labute approximate surface area is 221 Å². The van der Waals surface area contributed by atoms with Gasteiger partial charge in [0.1, 0.15) is 22.6 Å². The van der Waals surface area contributed by atoms with E-state index in [1.807, 2.05) is 75.0 Å². The van der Waals surface area contributed by atoms with Gasteiger partial charge in [0.2, 0.25) is 11.8 Å². The molecule has 1 N–H and O–H groups in total. The van der Waals surface area contributed by atoms with Gasteiger partial charge in [0, 0.05) is 39.4 Å². The minimum absolute atomic E-state index is 0.108. The zero-order valence-electron chi connectivity index (χ0n) is 22.5. The Morgan fingerprint density at radius 2 is 1.70 bits per heavy atom. The number of imidazole rings is 1. The topological polar surface area (TPSA) is 96.8 Å². The second kappa shape index (κ2) is 12.2. The number of hydrogen-bond acceptors (Lipinski definition) is 5. The van der Waals surface area contributed by atoms with Gasteiger partial charge in [-0.2, -0.15) is 0 Å². The van der Waals surface area contributed by atoms with E-state index >= 15 is 0 Å². The lowest BCUT2D eigenvalue weighted by molar-refractivity contribution is -0.132. The van der Waals surface area contributed by atoms with Crippen LogP contribution in [-0.4, -0.2) is 69.1 Å². The molecular formula is C27H35N5O4S. The Kier molecular flexibility index (Phi) is 9.23. The third-order valence-electron chi connectivity index (χ3n) is 6.13. The van der Waals surface area contributed by atoms with Crippen molar-refractivity contribution >= 4 is 22.8 Å². The van der Waals surface area contributed by atoms with Crippen LogP contribution in [0, 0.1) is 20.8 Å². The van der Waals surface area contributed by atoms with Gasteiger partial charge in [0.15, 0.2) is 0 Å². The number of aryl methyl sites for hydroxylation is 4. The highest BCUT2D eigenvalue weighted by Crippen LogP contribution is 2.25. The average Bonchev–Trinajstić information content (AvgIpc) is 3.20. The number of rotatable bonds is 10. The zero-order chi connectivity index (χ0) is 27.3. The highest BCUT2D eigenvalue weighted by atomic mass is 32.2. The number of hydrogen-bond donors (Lipinski definition) is 1. The van der Waals surface area contributed by atoms with Crippen molar-refractivity contribution in [2.75, 3.05) is 34.3 Å². The van der Waals surface area contributed by atoms with Crippen molar-refractivity contribution < 1.29 is 18.5 Å². The number of likely N-dealkylation sites (N-methyl/N-ethyl adjacent to an activating group) is 2. The van der Waals surface area contributed by atoms with Crippen LogP contribution < -0.4 is 10.1 Å². The molecule has 10 heteroatoms. The molecule has 1 unspecified atom stereocenters. The van der Waals surface area contributed by atoms with Gasteiger partial charge in [-0.1, -0.05) is 24.3 Å². The fourth-order valence-electron chi connectivity index (χ4n) is 3.93. The second-order valence-electron chi connectivity index (χ2n) is 9.13. The Balaban J connectivity index is 1.50. The monoisotopic (exact) mass is 525 g/mol. The number of ether oxygens (including phenoxy) is 1. The maximum Gasteiger partial charge on any atom is 0.242 e. The van der Waals surface area contributed by atoms with Crippen LogP contribution in [0.3, 0.4) is 0 Å². The van der Waals surface area contributed by atoms with Crippen LogP contribution in [0.1, 0.15) is 22.5 Å². The first-order valence-corrected chi connectivity index (χ1v) is 13.0. The molecule has 1 aromatic heterocycles. The van der Waals surface area contributed by atoms with Crippen molar-refractivity contribution in [2.24, 2.45) is 7.05 Å². The minimum Gasteiger partial charge on any atom is -0.497 e. The summed E-state index contributed by atoms with van der Waals surface area (Å²) in [6.45, 7) is 5.84. The van der Waals surface area contributed by atoms with Crippen LogP contribution in [0.2, 0.25) is 0 Å². The van der Waals surface area contributed by atoms with E-state index < -0.39 is 11.0 Å². The van der Waals surface area contributed by atoms with Crippen molar-refractivity contribution in [3.8, 4) is 17.0 Å². The Morgan fingerprint density at radius 1 is 1.08 bits per heavy atom. The number of methoxy groups -OCH3 is 1. The van der Waals surface area contributed by atoms with Gasteiger partial charge < -0.3 is 19.5 Å². The molecule has 0 aliphatic carbocycles. The molecule has 0 saturated heterocycles. The summed E-state index contributed by atoms with van der Waals surface area (Å²) in [5.74, 6) is 1.03. The molecule has 0 bridgehead atoms. The molecule has 0 aliphatic heterocycles. The van der Waals surface area contributed by atoms with E-state index in [2.05, 4.69) is 10.3 Å². The maximum absolute atomic E-state index is 13.0. The first-order chi connectivity index (χ1) is 17.5. The van der Waals surface area contributed by atoms with Crippen LogP contribution in [0.4, 0.5) is 0 Å². The molecule has 2 aromatic carbocycles. The molecule has 3 rings (SSSR count). The first-order valence-electron chi connectivity index (χ1n) is 11.9. The standard InChI is InChI=1S/C27H35N5O4S/c1-18-12-23(36-7)13-19(2)27(18)37(35)32(6)17-25(33)28-14-26(34)31(5)15-21-8-10-22(11-9-21)24-16-30(4)20(3)29-24/h8-13,16H,14-15,17H2,1-7H3,(H,28,33). The lowest BCUT2D eigenvalue weighted by Gasteiger charge is -2.20. The number of amides is 2. The number of carbonyl (C=O) groups excluding carboxylic acids is 2. The summed E-state index contributed by atoms with van der Waals surface area (Å²) in [6, 6.07) is 11.5. The van der Waals surface area contributed by atoms with Crippen molar-refractivity contribution in [1.29, 1.82) is 0 Å². The Hall–Kier alpha value is -3.50. The van der Waals surface area contributed by atoms with E-state index in [4.69, 9.17) is 4.74 Å². The molecule has 1 atom stereocenters. The van der Waals surface area contributed by atoms with Gasteiger partial charge in [0.05, 0.1) is 30.8 Å². The first kappa shape index (κ1) is 28.1. The van der Waals surface area contributed by atoms with Gasteiger partial charge in [-0.05, 0) is 49.6 Å². The molecular weight excluding hydrogens is 490 g/mol. The highest BCUT2D eigenvalue weighted by Gasteiger charge is 2.20. The number of carbonyl (C=O) groups is 2. The molecule has 0 radical (unpaired) electrons. The second-order valence-corrected chi connectivity index (χ2v) is 10.7.